The van der Waals surface area contributed by atoms with E-state index in [2.05, 4.69) is 10.5 Å². The van der Waals surface area contributed by atoms with Crippen molar-refractivity contribution in [3.63, 3.8) is 0 Å². The molecule has 0 unspecified atom stereocenters. The van der Waals surface area contributed by atoms with Crippen LogP contribution in [0.3, 0.4) is 0 Å². The molecule has 1 aliphatic rings. The van der Waals surface area contributed by atoms with Crippen LogP contribution in [0.15, 0.2) is 29.4 Å². The molecule has 0 fully saturated rings. The lowest BCUT2D eigenvalue weighted by molar-refractivity contribution is -0.137. The summed E-state index contributed by atoms with van der Waals surface area (Å²) in [5, 5.41) is 3.68. The number of hydrazone groups is 1. The van der Waals surface area contributed by atoms with Crippen molar-refractivity contribution in [2.24, 2.45) is 5.10 Å². The van der Waals surface area contributed by atoms with Gasteiger partial charge in [0.1, 0.15) is 18.1 Å². The van der Waals surface area contributed by atoms with Crippen LogP contribution >= 0.6 is 0 Å². The zero-order valence-corrected chi connectivity index (χ0v) is 10.5. The predicted octanol–water partition coefficient (Wildman–Crippen LogP) is 1.00. The minimum Gasteiger partial charge on any atom is -0.496 e. The van der Waals surface area contributed by atoms with E-state index in [0.717, 1.165) is 5.56 Å². The minimum absolute atomic E-state index is 0.107. The van der Waals surface area contributed by atoms with Crippen LogP contribution in [-0.4, -0.2) is 24.7 Å². The lowest BCUT2D eigenvalue weighted by atomic mass is 10.2. The van der Waals surface area contributed by atoms with E-state index in [0.29, 0.717) is 12.2 Å². The molecule has 0 saturated carbocycles. The smallest absolute Gasteiger partial charge is 0.354 e. The Balaban J connectivity index is 1.95. The first-order valence-corrected chi connectivity index (χ1v) is 5.85. The molecule has 0 spiro atoms. The van der Waals surface area contributed by atoms with Crippen LogP contribution in [0.5, 0.6) is 5.75 Å². The van der Waals surface area contributed by atoms with Crippen molar-refractivity contribution in [2.75, 3.05) is 7.11 Å². The second kappa shape index (κ2) is 5.99. The summed E-state index contributed by atoms with van der Waals surface area (Å²) in [6.07, 6.45) is 0.555. The molecule has 2 rings (SSSR count). The summed E-state index contributed by atoms with van der Waals surface area (Å²) in [5.74, 6) is -0.0543. The van der Waals surface area contributed by atoms with Gasteiger partial charge in [0.15, 0.2) is 0 Å². The third-order valence-corrected chi connectivity index (χ3v) is 2.69. The molecule has 1 aromatic carbocycles. The molecule has 0 bridgehead atoms. The number of nitrogens with one attached hydrogen (secondary N) is 1. The Morgan fingerprint density at radius 2 is 2.16 bits per heavy atom. The summed E-state index contributed by atoms with van der Waals surface area (Å²) in [6.45, 7) is 0.107. The van der Waals surface area contributed by atoms with Crippen LogP contribution in [0.2, 0.25) is 0 Å². The fraction of sp³-hybridized carbons (Fsp3) is 0.308. The highest BCUT2D eigenvalue weighted by Crippen LogP contribution is 2.18. The van der Waals surface area contributed by atoms with Gasteiger partial charge in [-0.3, -0.25) is 4.79 Å². The Kier molecular flexibility index (Phi) is 4.12. The summed E-state index contributed by atoms with van der Waals surface area (Å²) < 4.78 is 10.3. The quantitative estimate of drug-likeness (QED) is 0.821. The molecular weight excluding hydrogens is 248 g/mol. The fourth-order valence-electron chi connectivity index (χ4n) is 1.67. The van der Waals surface area contributed by atoms with Crippen LogP contribution in [-0.2, 0) is 20.9 Å². The van der Waals surface area contributed by atoms with Crippen LogP contribution in [0, 0.1) is 0 Å². The highest BCUT2D eigenvalue weighted by molar-refractivity contribution is 6.37. The predicted molar refractivity (Wildman–Crippen MR) is 67.6 cm³/mol. The second-order valence-electron chi connectivity index (χ2n) is 3.98. The van der Waals surface area contributed by atoms with Crippen molar-refractivity contribution in [3.8, 4) is 5.75 Å². The van der Waals surface area contributed by atoms with Crippen molar-refractivity contribution in [3.05, 3.63) is 29.8 Å². The number of carbonyl (C=O) groups excluding carboxylic acids is 2. The van der Waals surface area contributed by atoms with E-state index in [1.165, 1.54) is 0 Å². The van der Waals surface area contributed by atoms with Gasteiger partial charge >= 0.3 is 5.97 Å². The van der Waals surface area contributed by atoms with Gasteiger partial charge in [-0.1, -0.05) is 18.2 Å². The molecule has 0 aromatic heterocycles. The van der Waals surface area contributed by atoms with Gasteiger partial charge in [-0.15, -0.1) is 0 Å². The number of esters is 1. The van der Waals surface area contributed by atoms with E-state index in [-0.39, 0.29) is 24.6 Å². The number of hydrogen-bond donors (Lipinski definition) is 1. The Morgan fingerprint density at radius 3 is 2.84 bits per heavy atom. The molecule has 1 amide bonds. The van der Waals surface area contributed by atoms with Gasteiger partial charge in [-0.05, 0) is 6.07 Å². The summed E-state index contributed by atoms with van der Waals surface area (Å²) in [5.41, 5.74) is 3.26. The third-order valence-electron chi connectivity index (χ3n) is 2.69. The molecule has 0 radical (unpaired) electrons. The molecule has 6 heteroatoms. The van der Waals surface area contributed by atoms with Gasteiger partial charge in [0.25, 0.3) is 0 Å². The zero-order chi connectivity index (χ0) is 13.7. The molecule has 19 heavy (non-hydrogen) atoms. The molecule has 0 saturated heterocycles. The van der Waals surface area contributed by atoms with Gasteiger partial charge in [0, 0.05) is 18.4 Å². The van der Waals surface area contributed by atoms with E-state index in [4.69, 9.17) is 9.47 Å². The topological polar surface area (TPSA) is 77.0 Å². The van der Waals surface area contributed by atoms with E-state index in [9.17, 15) is 9.59 Å². The van der Waals surface area contributed by atoms with Crippen molar-refractivity contribution in [1.82, 2.24) is 5.43 Å². The second-order valence-corrected chi connectivity index (χ2v) is 3.98. The molecular formula is C13H14N2O4. The number of benzene rings is 1. The SMILES string of the molecule is COc1ccccc1COC(=O)C1=NNC(=O)CC1. The van der Waals surface area contributed by atoms with E-state index < -0.39 is 5.97 Å². The molecule has 1 aromatic rings. The normalized spacial score (nSPS) is 14.4. The third kappa shape index (κ3) is 3.31. The van der Waals surface area contributed by atoms with Crippen LogP contribution < -0.4 is 10.2 Å². The van der Waals surface area contributed by atoms with Crippen molar-refractivity contribution >= 4 is 17.6 Å². The molecule has 6 nitrogen and oxygen atoms in total. The molecule has 1 aliphatic heterocycles. The summed E-state index contributed by atoms with van der Waals surface area (Å²) in [4.78, 5) is 22.6. The van der Waals surface area contributed by atoms with Crippen LogP contribution in [0.4, 0.5) is 0 Å². The van der Waals surface area contributed by atoms with Gasteiger partial charge in [-0.2, -0.15) is 5.10 Å². The first kappa shape index (κ1) is 13.1. The minimum atomic E-state index is -0.522. The van der Waals surface area contributed by atoms with Gasteiger partial charge in [0.05, 0.1) is 7.11 Å². The standard InChI is InChI=1S/C13H14N2O4/c1-18-11-5-3-2-4-9(11)8-19-13(17)10-6-7-12(16)15-14-10/h2-5H,6-8H2,1H3,(H,15,16). The lowest BCUT2D eigenvalue weighted by Crippen LogP contribution is -2.30. The average molecular weight is 262 g/mol. The van der Waals surface area contributed by atoms with Gasteiger partial charge in [0.2, 0.25) is 5.91 Å². The molecule has 0 atom stereocenters. The van der Waals surface area contributed by atoms with Crippen LogP contribution in [0.25, 0.3) is 0 Å². The molecule has 0 aliphatic carbocycles. The molecule has 100 valence electrons. The lowest BCUT2D eigenvalue weighted by Gasteiger charge is -2.12. The Hall–Kier alpha value is -2.37. The maximum Gasteiger partial charge on any atom is 0.354 e. The van der Waals surface area contributed by atoms with Gasteiger partial charge < -0.3 is 9.47 Å². The Morgan fingerprint density at radius 1 is 1.37 bits per heavy atom. The van der Waals surface area contributed by atoms with E-state index in [1.54, 1.807) is 13.2 Å². The van der Waals surface area contributed by atoms with Gasteiger partial charge in [-0.25, -0.2) is 10.2 Å². The number of para-hydroxylation sites is 1. The first-order chi connectivity index (χ1) is 9.20. The zero-order valence-electron chi connectivity index (χ0n) is 10.5. The Bertz CT molecular complexity index is 525. The summed E-state index contributed by atoms with van der Waals surface area (Å²) >= 11 is 0. The van der Waals surface area contributed by atoms with Crippen molar-refractivity contribution in [1.29, 1.82) is 0 Å². The van der Waals surface area contributed by atoms with Crippen molar-refractivity contribution < 1.29 is 19.1 Å². The van der Waals surface area contributed by atoms with E-state index in [1.807, 2.05) is 18.2 Å². The molecule has 1 heterocycles. The number of amides is 1. The monoisotopic (exact) mass is 262 g/mol. The average Bonchev–Trinajstić information content (AvgIpc) is 2.45. The summed E-state index contributed by atoms with van der Waals surface area (Å²) in [6, 6.07) is 7.28. The fourth-order valence-corrected chi connectivity index (χ4v) is 1.67. The van der Waals surface area contributed by atoms with Crippen molar-refractivity contribution in [2.45, 2.75) is 19.4 Å². The number of hydrogen-bond acceptors (Lipinski definition) is 5. The highest BCUT2D eigenvalue weighted by Gasteiger charge is 2.19. The highest BCUT2D eigenvalue weighted by atomic mass is 16.5. The van der Waals surface area contributed by atoms with Crippen LogP contribution in [0.1, 0.15) is 18.4 Å². The molecule has 1 N–H and O–H groups in total. The maximum atomic E-state index is 11.7. The largest absolute Gasteiger partial charge is 0.496 e. The van der Waals surface area contributed by atoms with E-state index >= 15 is 0 Å². The maximum absolute atomic E-state index is 11.7. The first-order valence-electron chi connectivity index (χ1n) is 5.85. The number of rotatable bonds is 4. The number of methoxy groups -OCH3 is 1. The summed E-state index contributed by atoms with van der Waals surface area (Å²) in [7, 11) is 1.56. The number of carbonyl (C=O) groups is 2. The Labute approximate surface area is 110 Å². The number of nitrogens with zero attached hydrogens (tertiary/aromatic N) is 1. The number of ether oxygens (including phenoxy) is 2.